The van der Waals surface area contributed by atoms with Crippen LogP contribution in [0.5, 0.6) is 5.75 Å². The van der Waals surface area contributed by atoms with Crippen LogP contribution in [0.25, 0.3) is 0 Å². The molecule has 0 aromatic heterocycles. The molecule has 0 bridgehead atoms. The summed E-state index contributed by atoms with van der Waals surface area (Å²) >= 11 is 1.69. The zero-order chi connectivity index (χ0) is 16.1. The lowest BCUT2D eigenvalue weighted by Crippen LogP contribution is -2.43. The molecule has 0 atom stereocenters. The van der Waals surface area contributed by atoms with Gasteiger partial charge in [-0.3, -0.25) is 0 Å². The highest BCUT2D eigenvalue weighted by atomic mass is 32.2. The van der Waals surface area contributed by atoms with Crippen molar-refractivity contribution in [3.8, 4) is 11.8 Å². The van der Waals surface area contributed by atoms with E-state index >= 15 is 0 Å². The highest BCUT2D eigenvalue weighted by Crippen LogP contribution is 2.36. The van der Waals surface area contributed by atoms with Crippen molar-refractivity contribution in [3.05, 3.63) is 48.0 Å². The molecule has 1 aliphatic heterocycles. The monoisotopic (exact) mass is 325 g/mol. The number of benzene rings is 2. The van der Waals surface area contributed by atoms with Crippen LogP contribution >= 0.6 is 11.8 Å². The summed E-state index contributed by atoms with van der Waals surface area (Å²) in [6.45, 7) is 3.96. The summed E-state index contributed by atoms with van der Waals surface area (Å²) in [6.07, 6.45) is 0. The Morgan fingerprint density at radius 2 is 1.87 bits per heavy atom. The zero-order valence-electron chi connectivity index (χ0n) is 13.1. The van der Waals surface area contributed by atoms with Crippen molar-refractivity contribution in [2.75, 3.05) is 38.2 Å². The molecule has 1 N–H and O–H groups in total. The van der Waals surface area contributed by atoms with Crippen LogP contribution in [0.2, 0.25) is 0 Å². The van der Waals surface area contributed by atoms with Gasteiger partial charge in [0.05, 0.1) is 24.4 Å². The second-order valence-corrected chi connectivity index (χ2v) is 6.42. The van der Waals surface area contributed by atoms with Gasteiger partial charge in [-0.15, -0.1) is 0 Å². The SMILES string of the molecule is COc1ccc(Sc2cc(C#N)ccc2N2CCNCC2)cc1. The van der Waals surface area contributed by atoms with Gasteiger partial charge in [-0.25, -0.2) is 0 Å². The van der Waals surface area contributed by atoms with Gasteiger partial charge in [0.15, 0.2) is 0 Å². The van der Waals surface area contributed by atoms with Gasteiger partial charge in [-0.1, -0.05) is 11.8 Å². The van der Waals surface area contributed by atoms with Crippen LogP contribution in [-0.2, 0) is 0 Å². The van der Waals surface area contributed by atoms with Crippen molar-refractivity contribution >= 4 is 17.4 Å². The van der Waals surface area contributed by atoms with Crippen LogP contribution in [0, 0.1) is 11.3 Å². The van der Waals surface area contributed by atoms with Gasteiger partial charge < -0.3 is 15.0 Å². The average Bonchev–Trinajstić information content (AvgIpc) is 2.63. The number of nitriles is 1. The van der Waals surface area contributed by atoms with Gasteiger partial charge >= 0.3 is 0 Å². The molecule has 1 aliphatic rings. The topological polar surface area (TPSA) is 48.3 Å². The molecule has 0 spiro atoms. The molecule has 0 unspecified atom stereocenters. The molecule has 5 heteroatoms. The lowest BCUT2D eigenvalue weighted by molar-refractivity contribution is 0.414. The summed E-state index contributed by atoms with van der Waals surface area (Å²) in [4.78, 5) is 4.64. The van der Waals surface area contributed by atoms with Crippen LogP contribution in [0.4, 0.5) is 5.69 Å². The fourth-order valence-electron chi connectivity index (χ4n) is 2.60. The van der Waals surface area contributed by atoms with Crippen LogP contribution < -0.4 is 15.0 Å². The van der Waals surface area contributed by atoms with E-state index in [1.165, 1.54) is 5.69 Å². The third-order valence-electron chi connectivity index (χ3n) is 3.83. The molecule has 2 aromatic rings. The number of hydrogen-bond acceptors (Lipinski definition) is 5. The molecule has 0 saturated carbocycles. The molecular weight excluding hydrogens is 306 g/mol. The third-order valence-corrected chi connectivity index (χ3v) is 4.89. The Kier molecular flexibility index (Phi) is 5.06. The Hall–Kier alpha value is -2.16. The van der Waals surface area contributed by atoms with Gasteiger partial charge in [0.25, 0.3) is 0 Å². The smallest absolute Gasteiger partial charge is 0.118 e. The van der Waals surface area contributed by atoms with E-state index in [1.807, 2.05) is 36.4 Å². The van der Waals surface area contributed by atoms with Crippen molar-refractivity contribution in [2.24, 2.45) is 0 Å². The number of methoxy groups -OCH3 is 1. The number of piperazine rings is 1. The fraction of sp³-hybridized carbons (Fsp3) is 0.278. The highest BCUT2D eigenvalue weighted by Gasteiger charge is 2.15. The van der Waals surface area contributed by atoms with Crippen molar-refractivity contribution in [3.63, 3.8) is 0 Å². The van der Waals surface area contributed by atoms with Crippen molar-refractivity contribution in [1.29, 1.82) is 5.26 Å². The molecule has 1 fully saturated rings. The first-order valence-electron chi connectivity index (χ1n) is 7.62. The Balaban J connectivity index is 1.89. The van der Waals surface area contributed by atoms with E-state index in [4.69, 9.17) is 4.74 Å². The van der Waals surface area contributed by atoms with E-state index in [9.17, 15) is 5.26 Å². The molecule has 2 aromatic carbocycles. The number of hydrogen-bond donors (Lipinski definition) is 1. The van der Waals surface area contributed by atoms with Gasteiger partial charge in [0.1, 0.15) is 5.75 Å². The van der Waals surface area contributed by atoms with Crippen molar-refractivity contribution in [1.82, 2.24) is 5.32 Å². The predicted molar refractivity (Wildman–Crippen MR) is 93.4 cm³/mol. The van der Waals surface area contributed by atoms with Crippen LogP contribution in [0.1, 0.15) is 5.56 Å². The second-order valence-electron chi connectivity index (χ2n) is 5.31. The predicted octanol–water partition coefficient (Wildman–Crippen LogP) is 3.13. The summed E-state index contributed by atoms with van der Waals surface area (Å²) in [6, 6.07) is 16.2. The summed E-state index contributed by atoms with van der Waals surface area (Å²) < 4.78 is 5.21. The van der Waals surface area contributed by atoms with Gasteiger partial charge in [0.2, 0.25) is 0 Å². The Labute approximate surface area is 141 Å². The number of nitrogens with zero attached hydrogens (tertiary/aromatic N) is 2. The van der Waals surface area contributed by atoms with Crippen LogP contribution in [0.3, 0.4) is 0 Å². The molecule has 0 aliphatic carbocycles. The third kappa shape index (κ3) is 3.79. The maximum atomic E-state index is 9.20. The molecule has 3 rings (SSSR count). The van der Waals surface area contributed by atoms with Crippen LogP contribution in [-0.4, -0.2) is 33.3 Å². The first kappa shape index (κ1) is 15.7. The number of ether oxygens (including phenoxy) is 1. The number of nitrogens with one attached hydrogen (secondary N) is 1. The highest BCUT2D eigenvalue weighted by molar-refractivity contribution is 7.99. The quantitative estimate of drug-likeness (QED) is 0.936. The minimum absolute atomic E-state index is 0.694. The first-order chi connectivity index (χ1) is 11.3. The average molecular weight is 325 g/mol. The van der Waals surface area contributed by atoms with E-state index in [0.717, 1.165) is 41.7 Å². The molecule has 1 saturated heterocycles. The van der Waals surface area contributed by atoms with Gasteiger partial charge in [0, 0.05) is 36.0 Å². The summed E-state index contributed by atoms with van der Waals surface area (Å²) in [5.74, 6) is 0.849. The van der Waals surface area contributed by atoms with Crippen molar-refractivity contribution in [2.45, 2.75) is 9.79 Å². The van der Waals surface area contributed by atoms with E-state index in [-0.39, 0.29) is 0 Å². The maximum Gasteiger partial charge on any atom is 0.118 e. The molecule has 1 heterocycles. The van der Waals surface area contributed by atoms with Crippen LogP contribution in [0.15, 0.2) is 52.3 Å². The Morgan fingerprint density at radius 1 is 1.13 bits per heavy atom. The van der Waals surface area contributed by atoms with Crippen molar-refractivity contribution < 1.29 is 4.74 Å². The molecule has 0 amide bonds. The second kappa shape index (κ2) is 7.40. The Morgan fingerprint density at radius 3 is 2.52 bits per heavy atom. The molecular formula is C18H19N3OS. The normalized spacial score (nSPS) is 14.3. The molecule has 23 heavy (non-hydrogen) atoms. The largest absolute Gasteiger partial charge is 0.497 e. The lowest BCUT2D eigenvalue weighted by Gasteiger charge is -2.31. The van der Waals surface area contributed by atoms with E-state index in [0.29, 0.717) is 5.56 Å². The van der Waals surface area contributed by atoms with E-state index in [1.54, 1.807) is 18.9 Å². The van der Waals surface area contributed by atoms with E-state index < -0.39 is 0 Å². The van der Waals surface area contributed by atoms with Gasteiger partial charge in [-0.2, -0.15) is 5.26 Å². The first-order valence-corrected chi connectivity index (χ1v) is 8.43. The van der Waals surface area contributed by atoms with Gasteiger partial charge in [-0.05, 0) is 42.5 Å². The van der Waals surface area contributed by atoms with E-state index in [2.05, 4.69) is 22.4 Å². The number of anilines is 1. The molecule has 4 nitrogen and oxygen atoms in total. The fourth-order valence-corrected chi connectivity index (χ4v) is 3.62. The summed E-state index contributed by atoms with van der Waals surface area (Å²) in [5.41, 5.74) is 1.89. The Bertz CT molecular complexity index is 703. The summed E-state index contributed by atoms with van der Waals surface area (Å²) in [5, 5.41) is 12.6. The number of rotatable bonds is 4. The standard InChI is InChI=1S/C18H19N3OS/c1-22-15-3-5-16(6-4-15)23-18-12-14(13-19)2-7-17(18)21-10-8-20-9-11-21/h2-7,12,20H,8-11H2,1H3. The minimum atomic E-state index is 0.694. The maximum absolute atomic E-state index is 9.20. The minimum Gasteiger partial charge on any atom is -0.497 e. The zero-order valence-corrected chi connectivity index (χ0v) is 13.9. The summed E-state index contributed by atoms with van der Waals surface area (Å²) in [7, 11) is 1.67. The lowest BCUT2D eigenvalue weighted by atomic mass is 10.2. The molecule has 118 valence electrons. The molecule has 0 radical (unpaired) electrons.